The van der Waals surface area contributed by atoms with Gasteiger partial charge in [0.2, 0.25) is 0 Å². The Hall–Kier alpha value is -0.820. The summed E-state index contributed by atoms with van der Waals surface area (Å²) in [7, 11) is 0. The SMILES string of the molecule is Cc1csc(C2CN(Cc3cnc(C)s3)CCO2)n1. The Bertz CT molecular complexity index is 552. The van der Waals surface area contributed by atoms with Gasteiger partial charge in [-0.2, -0.15) is 0 Å². The van der Waals surface area contributed by atoms with Crippen LogP contribution in [0.4, 0.5) is 0 Å². The van der Waals surface area contributed by atoms with E-state index >= 15 is 0 Å². The molecule has 1 atom stereocenters. The lowest BCUT2D eigenvalue weighted by Gasteiger charge is -2.31. The highest BCUT2D eigenvalue weighted by Gasteiger charge is 2.24. The van der Waals surface area contributed by atoms with Crippen molar-refractivity contribution in [3.8, 4) is 0 Å². The number of nitrogens with zero attached hydrogens (tertiary/aromatic N) is 3. The standard InChI is InChI=1S/C13H17N3OS2/c1-9-8-18-13(15-9)12-7-16(3-4-17-12)6-11-5-14-10(2)19-11/h5,8,12H,3-4,6-7H2,1-2H3. The maximum Gasteiger partial charge on any atom is 0.123 e. The van der Waals surface area contributed by atoms with E-state index in [-0.39, 0.29) is 6.10 Å². The molecule has 6 heteroatoms. The summed E-state index contributed by atoms with van der Waals surface area (Å²) in [6.45, 7) is 7.73. The average Bonchev–Trinajstić information content (AvgIpc) is 2.99. The van der Waals surface area contributed by atoms with Crippen molar-refractivity contribution in [2.75, 3.05) is 19.7 Å². The second kappa shape index (κ2) is 5.66. The number of rotatable bonds is 3. The highest BCUT2D eigenvalue weighted by molar-refractivity contribution is 7.11. The summed E-state index contributed by atoms with van der Waals surface area (Å²) >= 11 is 3.47. The van der Waals surface area contributed by atoms with E-state index in [1.807, 2.05) is 13.1 Å². The Morgan fingerprint density at radius 1 is 1.47 bits per heavy atom. The van der Waals surface area contributed by atoms with Crippen molar-refractivity contribution in [2.24, 2.45) is 0 Å². The van der Waals surface area contributed by atoms with E-state index in [1.165, 1.54) is 4.88 Å². The molecular formula is C13H17N3OS2. The van der Waals surface area contributed by atoms with E-state index in [1.54, 1.807) is 22.7 Å². The number of thiazole rings is 2. The molecule has 102 valence electrons. The second-order valence-corrected chi connectivity index (χ2v) is 6.98. The first-order valence-electron chi connectivity index (χ1n) is 6.38. The fourth-order valence-electron chi connectivity index (χ4n) is 2.21. The van der Waals surface area contributed by atoms with Crippen LogP contribution < -0.4 is 0 Å². The number of hydrogen-bond donors (Lipinski definition) is 0. The van der Waals surface area contributed by atoms with Gasteiger partial charge in [-0.25, -0.2) is 9.97 Å². The van der Waals surface area contributed by atoms with Crippen molar-refractivity contribution in [3.63, 3.8) is 0 Å². The van der Waals surface area contributed by atoms with Gasteiger partial charge in [0.1, 0.15) is 11.1 Å². The molecule has 1 aliphatic heterocycles. The van der Waals surface area contributed by atoms with Crippen LogP contribution in [-0.4, -0.2) is 34.6 Å². The van der Waals surface area contributed by atoms with Crippen LogP contribution >= 0.6 is 22.7 Å². The largest absolute Gasteiger partial charge is 0.368 e. The fourth-order valence-corrected chi connectivity index (χ4v) is 3.89. The summed E-state index contributed by atoms with van der Waals surface area (Å²) < 4.78 is 5.84. The molecule has 4 nitrogen and oxygen atoms in total. The first-order valence-corrected chi connectivity index (χ1v) is 8.07. The molecule has 1 fully saturated rings. The molecule has 0 aliphatic carbocycles. The van der Waals surface area contributed by atoms with Gasteiger partial charge in [0.15, 0.2) is 0 Å². The van der Waals surface area contributed by atoms with Crippen molar-refractivity contribution < 1.29 is 4.74 Å². The third-order valence-corrected chi connectivity index (χ3v) is 5.06. The Morgan fingerprint density at radius 2 is 2.37 bits per heavy atom. The molecular weight excluding hydrogens is 278 g/mol. The van der Waals surface area contributed by atoms with E-state index in [4.69, 9.17) is 4.74 Å². The zero-order chi connectivity index (χ0) is 13.2. The Labute approximate surface area is 121 Å². The smallest absolute Gasteiger partial charge is 0.123 e. The van der Waals surface area contributed by atoms with Crippen LogP contribution in [0.15, 0.2) is 11.6 Å². The highest BCUT2D eigenvalue weighted by atomic mass is 32.1. The van der Waals surface area contributed by atoms with Gasteiger partial charge < -0.3 is 4.74 Å². The molecule has 0 bridgehead atoms. The van der Waals surface area contributed by atoms with Gasteiger partial charge in [-0.05, 0) is 13.8 Å². The molecule has 19 heavy (non-hydrogen) atoms. The molecule has 0 radical (unpaired) electrons. The molecule has 3 heterocycles. The molecule has 3 rings (SSSR count). The lowest BCUT2D eigenvalue weighted by Crippen LogP contribution is -2.37. The molecule has 0 amide bonds. The molecule has 0 saturated carbocycles. The van der Waals surface area contributed by atoms with Gasteiger partial charge in [0.05, 0.1) is 11.6 Å². The van der Waals surface area contributed by atoms with Crippen molar-refractivity contribution in [1.29, 1.82) is 0 Å². The molecule has 0 N–H and O–H groups in total. The first kappa shape index (κ1) is 13.2. The van der Waals surface area contributed by atoms with Gasteiger partial charge in [-0.3, -0.25) is 4.90 Å². The van der Waals surface area contributed by atoms with Crippen molar-refractivity contribution >= 4 is 22.7 Å². The van der Waals surface area contributed by atoms with Gasteiger partial charge in [-0.1, -0.05) is 0 Å². The first-order chi connectivity index (χ1) is 9.20. The Kier molecular flexibility index (Phi) is 3.93. The van der Waals surface area contributed by atoms with Crippen LogP contribution in [0, 0.1) is 13.8 Å². The third-order valence-electron chi connectivity index (χ3n) is 3.11. The fraction of sp³-hybridized carbons (Fsp3) is 0.538. The second-order valence-electron chi connectivity index (χ2n) is 4.77. The van der Waals surface area contributed by atoms with Crippen molar-refractivity contribution in [2.45, 2.75) is 26.5 Å². The predicted octanol–water partition coefficient (Wildman–Crippen LogP) is 2.79. The summed E-state index contributed by atoms with van der Waals surface area (Å²) in [6.07, 6.45) is 2.11. The van der Waals surface area contributed by atoms with Gasteiger partial charge in [0.25, 0.3) is 0 Å². The maximum absolute atomic E-state index is 5.84. The monoisotopic (exact) mass is 295 g/mol. The maximum atomic E-state index is 5.84. The zero-order valence-corrected chi connectivity index (χ0v) is 12.8. The molecule has 2 aromatic rings. The van der Waals surface area contributed by atoms with E-state index in [2.05, 4.69) is 27.2 Å². The lowest BCUT2D eigenvalue weighted by atomic mass is 10.2. The number of aryl methyl sites for hydroxylation is 2. The minimum atomic E-state index is 0.126. The Balaban J connectivity index is 1.64. The van der Waals surface area contributed by atoms with Crippen LogP contribution in [0.3, 0.4) is 0 Å². The van der Waals surface area contributed by atoms with E-state index in [0.717, 1.165) is 42.0 Å². The summed E-state index contributed by atoms with van der Waals surface area (Å²) in [5.74, 6) is 0. The number of morpholine rings is 1. The summed E-state index contributed by atoms with van der Waals surface area (Å²) in [5, 5.41) is 4.32. The summed E-state index contributed by atoms with van der Waals surface area (Å²) in [6, 6.07) is 0. The van der Waals surface area contributed by atoms with Gasteiger partial charge >= 0.3 is 0 Å². The zero-order valence-electron chi connectivity index (χ0n) is 11.1. The van der Waals surface area contributed by atoms with Crippen LogP contribution in [0.25, 0.3) is 0 Å². The van der Waals surface area contributed by atoms with Crippen molar-refractivity contribution in [1.82, 2.24) is 14.9 Å². The van der Waals surface area contributed by atoms with Crippen LogP contribution in [0.5, 0.6) is 0 Å². The minimum Gasteiger partial charge on any atom is -0.368 e. The van der Waals surface area contributed by atoms with Crippen molar-refractivity contribution in [3.05, 3.63) is 32.2 Å². The number of aromatic nitrogens is 2. The Morgan fingerprint density at radius 3 is 3.05 bits per heavy atom. The third kappa shape index (κ3) is 3.20. The lowest BCUT2D eigenvalue weighted by molar-refractivity contribution is -0.0327. The average molecular weight is 295 g/mol. The normalized spacial score (nSPS) is 20.8. The van der Waals surface area contributed by atoms with E-state index in [0.29, 0.717) is 0 Å². The molecule has 0 spiro atoms. The molecule has 1 unspecified atom stereocenters. The summed E-state index contributed by atoms with van der Waals surface area (Å²) in [5.41, 5.74) is 1.08. The molecule has 0 aromatic carbocycles. The van der Waals surface area contributed by atoms with Crippen LogP contribution in [0.1, 0.15) is 26.7 Å². The predicted molar refractivity (Wildman–Crippen MR) is 77.7 cm³/mol. The van der Waals surface area contributed by atoms with Gasteiger partial charge in [-0.15, -0.1) is 22.7 Å². The number of hydrogen-bond acceptors (Lipinski definition) is 6. The molecule has 2 aromatic heterocycles. The topological polar surface area (TPSA) is 38.2 Å². The van der Waals surface area contributed by atoms with Crippen LogP contribution in [0.2, 0.25) is 0 Å². The minimum absolute atomic E-state index is 0.126. The summed E-state index contributed by atoms with van der Waals surface area (Å²) in [4.78, 5) is 12.6. The van der Waals surface area contributed by atoms with E-state index in [9.17, 15) is 0 Å². The van der Waals surface area contributed by atoms with Gasteiger partial charge in [0, 0.05) is 41.8 Å². The number of ether oxygens (including phenoxy) is 1. The highest BCUT2D eigenvalue weighted by Crippen LogP contribution is 2.26. The molecule has 1 aliphatic rings. The van der Waals surface area contributed by atoms with Crippen LogP contribution in [-0.2, 0) is 11.3 Å². The quantitative estimate of drug-likeness (QED) is 0.873. The molecule has 1 saturated heterocycles. The van der Waals surface area contributed by atoms with E-state index < -0.39 is 0 Å².